The number of piperidine rings is 1. The minimum atomic E-state index is -0.716. The number of carbonyl (C=O) groups excluding carboxylic acids is 2. The molecule has 2 fully saturated rings. The van der Waals surface area contributed by atoms with Crippen LogP contribution in [0.15, 0.2) is 48.5 Å². The summed E-state index contributed by atoms with van der Waals surface area (Å²) in [5, 5.41) is 0. The van der Waals surface area contributed by atoms with Gasteiger partial charge < -0.3 is 23.8 Å². The molecule has 198 valence electrons. The first kappa shape index (κ1) is 25.4. The normalized spacial score (nSPS) is 24.0. The Labute approximate surface area is 219 Å². The van der Waals surface area contributed by atoms with Crippen LogP contribution in [0.2, 0.25) is 0 Å². The zero-order valence-electron chi connectivity index (χ0n) is 21.8. The van der Waals surface area contributed by atoms with Gasteiger partial charge in [0.1, 0.15) is 12.4 Å². The van der Waals surface area contributed by atoms with E-state index in [4.69, 9.17) is 18.9 Å². The third-order valence-electron chi connectivity index (χ3n) is 8.18. The lowest BCUT2D eigenvalue weighted by Crippen LogP contribution is -2.62. The van der Waals surface area contributed by atoms with Gasteiger partial charge in [-0.25, -0.2) is 9.59 Å². The molecule has 7 heteroatoms. The fourth-order valence-electron chi connectivity index (χ4n) is 6.53. The molecule has 0 spiro atoms. The number of fused-ring (bicyclic) bond motifs is 1. The molecule has 1 saturated heterocycles. The lowest BCUT2D eigenvalue weighted by atomic mass is 9.52. The molecule has 2 bridgehead atoms. The van der Waals surface area contributed by atoms with Crippen molar-refractivity contribution in [2.24, 2.45) is 11.8 Å². The van der Waals surface area contributed by atoms with Crippen LogP contribution in [0.5, 0.6) is 5.75 Å². The van der Waals surface area contributed by atoms with E-state index in [1.54, 1.807) is 0 Å². The molecule has 2 aliphatic carbocycles. The first-order chi connectivity index (χ1) is 18.0. The molecule has 2 aromatic carbocycles. The van der Waals surface area contributed by atoms with Crippen LogP contribution in [0.4, 0.5) is 9.59 Å². The number of carbonyl (C=O) groups is 2. The largest absolute Gasteiger partial charge is 0.511 e. The second kappa shape index (κ2) is 11.0. The second-order valence-electron chi connectivity index (χ2n) is 10.9. The quantitative estimate of drug-likeness (QED) is 0.327. The maximum absolute atomic E-state index is 13.2. The van der Waals surface area contributed by atoms with Gasteiger partial charge in [0.25, 0.3) is 0 Å². The molecular weight excluding hydrogens is 470 g/mol. The SMILES string of the molecule is CC(C)COC(=O)OCOc1ccc2c(c1)[C@]13CCCC[C@@H]1[C@@H](C2)N(C(=O)OCc1ccccc1)CC3. The smallest absolute Gasteiger partial charge is 0.457 e. The van der Waals surface area contributed by atoms with Crippen LogP contribution in [0.25, 0.3) is 0 Å². The fraction of sp³-hybridized carbons (Fsp3) is 0.533. The molecule has 2 aromatic rings. The molecule has 1 heterocycles. The van der Waals surface area contributed by atoms with E-state index in [1.807, 2.05) is 55.1 Å². The minimum absolute atomic E-state index is 0.0448. The Morgan fingerprint density at radius 1 is 1.03 bits per heavy atom. The molecule has 1 saturated carbocycles. The van der Waals surface area contributed by atoms with E-state index in [2.05, 4.69) is 12.1 Å². The van der Waals surface area contributed by atoms with Crippen LogP contribution >= 0.6 is 0 Å². The van der Waals surface area contributed by atoms with Crippen molar-refractivity contribution in [3.05, 3.63) is 65.2 Å². The standard InChI is InChI=1S/C30H37NO6/c1-21(2)18-35-29(33)37-20-36-24-12-11-23-16-27-25-10-6-7-13-30(25,26(23)17-24)14-15-31(27)28(32)34-19-22-8-4-3-5-9-22/h3-5,8-9,11-12,17,21,25,27H,6-7,10,13-16,18-20H2,1-2H3/t25-,27-,30+/m1/s1. The van der Waals surface area contributed by atoms with E-state index in [9.17, 15) is 9.59 Å². The van der Waals surface area contributed by atoms with E-state index in [0.717, 1.165) is 31.2 Å². The summed E-state index contributed by atoms with van der Waals surface area (Å²) in [6, 6.07) is 16.2. The zero-order chi connectivity index (χ0) is 25.8. The van der Waals surface area contributed by atoms with Crippen molar-refractivity contribution >= 4 is 12.2 Å². The number of ether oxygens (including phenoxy) is 4. The van der Waals surface area contributed by atoms with Crippen molar-refractivity contribution in [1.82, 2.24) is 4.90 Å². The van der Waals surface area contributed by atoms with Gasteiger partial charge in [0.15, 0.2) is 0 Å². The van der Waals surface area contributed by atoms with Crippen LogP contribution in [0.3, 0.4) is 0 Å². The molecule has 1 aliphatic heterocycles. The Morgan fingerprint density at radius 3 is 2.68 bits per heavy atom. The Morgan fingerprint density at radius 2 is 1.86 bits per heavy atom. The molecule has 7 nitrogen and oxygen atoms in total. The van der Waals surface area contributed by atoms with Crippen molar-refractivity contribution in [2.75, 3.05) is 19.9 Å². The van der Waals surface area contributed by atoms with Gasteiger partial charge in [0.05, 0.1) is 6.61 Å². The van der Waals surface area contributed by atoms with Crippen LogP contribution in [-0.2, 0) is 32.7 Å². The van der Waals surface area contributed by atoms with Crippen molar-refractivity contribution in [1.29, 1.82) is 0 Å². The predicted octanol–water partition coefficient (Wildman–Crippen LogP) is 6.23. The number of hydrogen-bond donors (Lipinski definition) is 0. The maximum atomic E-state index is 13.2. The summed E-state index contributed by atoms with van der Waals surface area (Å²) in [6.07, 6.45) is 5.43. The molecule has 3 atom stereocenters. The maximum Gasteiger partial charge on any atom is 0.511 e. The monoisotopic (exact) mass is 507 g/mol. The molecule has 37 heavy (non-hydrogen) atoms. The van der Waals surface area contributed by atoms with Gasteiger partial charge >= 0.3 is 12.2 Å². The summed E-state index contributed by atoms with van der Waals surface area (Å²) in [4.78, 5) is 26.9. The van der Waals surface area contributed by atoms with E-state index in [-0.39, 0.29) is 30.3 Å². The Hall–Kier alpha value is -3.22. The molecule has 3 aliphatic rings. The highest BCUT2D eigenvalue weighted by Crippen LogP contribution is 2.56. The minimum Gasteiger partial charge on any atom is -0.457 e. The summed E-state index contributed by atoms with van der Waals surface area (Å²) in [5.41, 5.74) is 3.65. The predicted molar refractivity (Wildman–Crippen MR) is 138 cm³/mol. The third kappa shape index (κ3) is 5.41. The number of likely N-dealkylation sites (tertiary alicyclic amines) is 1. The molecular formula is C30H37NO6. The van der Waals surface area contributed by atoms with Gasteiger partial charge in [-0.1, -0.05) is 63.1 Å². The average Bonchev–Trinajstić information content (AvgIpc) is 2.91. The van der Waals surface area contributed by atoms with E-state index < -0.39 is 6.16 Å². The molecule has 0 aromatic heterocycles. The van der Waals surface area contributed by atoms with Gasteiger partial charge in [0, 0.05) is 18.0 Å². The van der Waals surface area contributed by atoms with Crippen molar-refractivity contribution in [3.8, 4) is 5.75 Å². The van der Waals surface area contributed by atoms with E-state index >= 15 is 0 Å². The number of benzene rings is 2. The molecule has 0 unspecified atom stereocenters. The summed E-state index contributed by atoms with van der Waals surface area (Å²) < 4.78 is 21.7. The first-order valence-corrected chi connectivity index (χ1v) is 13.5. The highest BCUT2D eigenvalue weighted by Gasteiger charge is 2.55. The van der Waals surface area contributed by atoms with Crippen LogP contribution in [0, 0.1) is 11.8 Å². The number of rotatable bonds is 7. The van der Waals surface area contributed by atoms with E-state index in [0.29, 0.717) is 31.4 Å². The summed E-state index contributed by atoms with van der Waals surface area (Å²) in [6.45, 7) is 5.07. The van der Waals surface area contributed by atoms with Gasteiger partial charge in [-0.3, -0.25) is 0 Å². The summed E-state index contributed by atoms with van der Waals surface area (Å²) in [7, 11) is 0. The lowest BCUT2D eigenvalue weighted by molar-refractivity contribution is -0.0145. The second-order valence-corrected chi connectivity index (χ2v) is 10.9. The fourth-order valence-corrected chi connectivity index (χ4v) is 6.53. The van der Waals surface area contributed by atoms with Crippen LogP contribution in [0.1, 0.15) is 62.6 Å². The highest BCUT2D eigenvalue weighted by atomic mass is 16.8. The van der Waals surface area contributed by atoms with Crippen LogP contribution in [-0.4, -0.2) is 43.1 Å². The van der Waals surface area contributed by atoms with Gasteiger partial charge in [-0.2, -0.15) is 0 Å². The van der Waals surface area contributed by atoms with Crippen molar-refractivity contribution in [2.45, 2.75) is 70.4 Å². The lowest BCUT2D eigenvalue weighted by Gasteiger charge is -2.58. The van der Waals surface area contributed by atoms with E-state index in [1.165, 1.54) is 24.0 Å². The van der Waals surface area contributed by atoms with Gasteiger partial charge in [0.2, 0.25) is 6.79 Å². The highest BCUT2D eigenvalue weighted by molar-refractivity contribution is 5.69. The summed E-state index contributed by atoms with van der Waals surface area (Å²) in [5.74, 6) is 1.35. The topological polar surface area (TPSA) is 74.3 Å². The number of amides is 1. The van der Waals surface area contributed by atoms with Crippen molar-refractivity contribution in [3.63, 3.8) is 0 Å². The Balaban J connectivity index is 1.28. The van der Waals surface area contributed by atoms with Crippen molar-refractivity contribution < 1.29 is 28.5 Å². The zero-order valence-corrected chi connectivity index (χ0v) is 21.8. The summed E-state index contributed by atoms with van der Waals surface area (Å²) >= 11 is 0. The first-order valence-electron chi connectivity index (χ1n) is 13.5. The average molecular weight is 508 g/mol. The van der Waals surface area contributed by atoms with Crippen LogP contribution < -0.4 is 4.74 Å². The molecule has 5 rings (SSSR count). The third-order valence-corrected chi connectivity index (χ3v) is 8.18. The molecule has 0 N–H and O–H groups in total. The Bertz CT molecular complexity index is 1100. The number of nitrogens with zero attached hydrogens (tertiary/aromatic N) is 1. The Kier molecular flexibility index (Phi) is 7.58. The molecule has 0 radical (unpaired) electrons. The number of hydrogen-bond acceptors (Lipinski definition) is 6. The van der Waals surface area contributed by atoms with Gasteiger partial charge in [-0.15, -0.1) is 0 Å². The van der Waals surface area contributed by atoms with Gasteiger partial charge in [-0.05, 0) is 66.3 Å². The molecule has 1 amide bonds.